The van der Waals surface area contributed by atoms with Crippen LogP contribution in [0.4, 0.5) is 5.69 Å². The zero-order chi connectivity index (χ0) is 16.8. The molecule has 0 spiro atoms. The molecule has 6 heteroatoms. The summed E-state index contributed by atoms with van der Waals surface area (Å²) in [6.45, 7) is 1.63. The molecule has 0 saturated heterocycles. The van der Waals surface area contributed by atoms with Crippen molar-refractivity contribution in [1.82, 2.24) is 0 Å². The van der Waals surface area contributed by atoms with E-state index in [1.807, 2.05) is 0 Å². The fraction of sp³-hybridized carbons (Fsp3) is 0.176. The average Bonchev–Trinajstić information content (AvgIpc) is 2.52. The molecule has 4 nitrogen and oxygen atoms in total. The van der Waals surface area contributed by atoms with Crippen LogP contribution in [0.15, 0.2) is 42.5 Å². The summed E-state index contributed by atoms with van der Waals surface area (Å²) in [6, 6.07) is 13.9. The summed E-state index contributed by atoms with van der Waals surface area (Å²) in [6.07, 6.45) is -0.393. The summed E-state index contributed by atoms with van der Waals surface area (Å²) in [5, 5.41) is 12.2. The third kappa shape index (κ3) is 4.88. The minimum atomic E-state index is -0.729. The number of rotatable bonds is 5. The minimum Gasteiger partial charge on any atom is -0.479 e. The van der Waals surface area contributed by atoms with Gasteiger partial charge < -0.3 is 10.1 Å². The predicted molar refractivity (Wildman–Crippen MR) is 90.9 cm³/mol. The number of nitrogens with one attached hydrogen (secondary N) is 1. The Morgan fingerprint density at radius 3 is 2.57 bits per heavy atom. The Labute approximate surface area is 144 Å². The maximum atomic E-state index is 12.1. The quantitative estimate of drug-likeness (QED) is 0.867. The van der Waals surface area contributed by atoms with Crippen LogP contribution in [0.1, 0.15) is 12.5 Å². The molecular formula is C17H14Cl2N2O2. The number of amides is 1. The van der Waals surface area contributed by atoms with E-state index >= 15 is 0 Å². The van der Waals surface area contributed by atoms with Crippen LogP contribution in [0.25, 0.3) is 0 Å². The fourth-order valence-electron chi connectivity index (χ4n) is 1.86. The predicted octanol–water partition coefficient (Wildman–Crippen LogP) is 4.47. The summed E-state index contributed by atoms with van der Waals surface area (Å²) in [5.74, 6) is 0.0899. The third-order valence-corrected chi connectivity index (χ3v) is 3.60. The van der Waals surface area contributed by atoms with Gasteiger partial charge in [-0.3, -0.25) is 4.79 Å². The van der Waals surface area contributed by atoms with Crippen molar-refractivity contribution >= 4 is 34.8 Å². The van der Waals surface area contributed by atoms with Crippen molar-refractivity contribution in [3.63, 3.8) is 0 Å². The number of nitriles is 1. The monoisotopic (exact) mass is 348 g/mol. The molecule has 2 aromatic carbocycles. The number of nitrogens with zero attached hydrogens (tertiary/aromatic N) is 1. The van der Waals surface area contributed by atoms with Crippen molar-refractivity contribution in [2.24, 2.45) is 0 Å². The van der Waals surface area contributed by atoms with Crippen molar-refractivity contribution < 1.29 is 9.53 Å². The first kappa shape index (κ1) is 17.1. The van der Waals surface area contributed by atoms with E-state index in [0.717, 1.165) is 5.56 Å². The summed E-state index contributed by atoms with van der Waals surface area (Å²) in [7, 11) is 0. The second-order valence-corrected chi connectivity index (χ2v) is 5.70. The highest BCUT2D eigenvalue weighted by Gasteiger charge is 2.16. The summed E-state index contributed by atoms with van der Waals surface area (Å²) >= 11 is 11.8. The first-order chi connectivity index (χ1) is 11.0. The number of halogens is 2. The van der Waals surface area contributed by atoms with E-state index in [-0.39, 0.29) is 5.91 Å². The molecular weight excluding hydrogens is 335 g/mol. The van der Waals surface area contributed by atoms with Crippen molar-refractivity contribution in [1.29, 1.82) is 5.26 Å². The Bertz CT molecular complexity index is 739. The fourth-order valence-corrected chi connectivity index (χ4v) is 2.31. The number of benzene rings is 2. The number of ether oxygens (including phenoxy) is 1. The lowest BCUT2D eigenvalue weighted by Gasteiger charge is -2.16. The number of carbonyl (C=O) groups excluding carboxylic acids is 1. The number of anilines is 1. The number of hydrogen-bond acceptors (Lipinski definition) is 3. The molecule has 0 saturated carbocycles. The Morgan fingerprint density at radius 2 is 1.96 bits per heavy atom. The van der Waals surface area contributed by atoms with E-state index in [1.165, 1.54) is 0 Å². The van der Waals surface area contributed by atoms with Gasteiger partial charge in [-0.25, -0.2) is 0 Å². The van der Waals surface area contributed by atoms with Gasteiger partial charge in [-0.15, -0.1) is 0 Å². The van der Waals surface area contributed by atoms with Crippen molar-refractivity contribution in [2.45, 2.75) is 19.4 Å². The van der Waals surface area contributed by atoms with E-state index in [9.17, 15) is 4.79 Å². The minimum absolute atomic E-state index is 0.302. The Morgan fingerprint density at radius 1 is 1.26 bits per heavy atom. The second kappa shape index (κ2) is 7.87. The van der Waals surface area contributed by atoms with Crippen LogP contribution >= 0.6 is 23.2 Å². The van der Waals surface area contributed by atoms with Crippen LogP contribution < -0.4 is 10.1 Å². The lowest BCUT2D eigenvalue weighted by Crippen LogP contribution is -2.30. The SMILES string of the molecule is CC(Oc1ccc(Cl)cc1Cl)C(=O)Nc1ccc(CC#N)cc1. The van der Waals surface area contributed by atoms with Gasteiger partial charge in [0.15, 0.2) is 6.10 Å². The van der Waals surface area contributed by atoms with Gasteiger partial charge in [0.2, 0.25) is 0 Å². The van der Waals surface area contributed by atoms with E-state index in [0.29, 0.717) is 27.9 Å². The molecule has 1 N–H and O–H groups in total. The summed E-state index contributed by atoms with van der Waals surface area (Å²) in [4.78, 5) is 12.1. The molecule has 23 heavy (non-hydrogen) atoms. The smallest absolute Gasteiger partial charge is 0.265 e. The first-order valence-corrected chi connectivity index (χ1v) is 7.63. The van der Waals surface area contributed by atoms with Gasteiger partial charge in [0.1, 0.15) is 5.75 Å². The number of hydrogen-bond donors (Lipinski definition) is 1. The Hall–Kier alpha value is -2.22. The van der Waals surface area contributed by atoms with Crippen molar-refractivity contribution in [3.05, 3.63) is 58.1 Å². The van der Waals surface area contributed by atoms with E-state index < -0.39 is 6.10 Å². The van der Waals surface area contributed by atoms with Gasteiger partial charge in [0.25, 0.3) is 5.91 Å². The summed E-state index contributed by atoms with van der Waals surface area (Å²) in [5.41, 5.74) is 1.53. The molecule has 0 heterocycles. The maximum Gasteiger partial charge on any atom is 0.265 e. The molecule has 1 atom stereocenters. The normalized spacial score (nSPS) is 11.4. The molecule has 0 radical (unpaired) electrons. The average molecular weight is 349 g/mol. The molecule has 1 amide bonds. The number of carbonyl (C=O) groups is 1. The largest absolute Gasteiger partial charge is 0.479 e. The highest BCUT2D eigenvalue weighted by molar-refractivity contribution is 6.35. The van der Waals surface area contributed by atoms with Crippen LogP contribution in [-0.2, 0) is 11.2 Å². The Kier molecular flexibility index (Phi) is 5.86. The van der Waals surface area contributed by atoms with Crippen LogP contribution in [0, 0.1) is 11.3 Å². The van der Waals surface area contributed by atoms with Gasteiger partial charge in [0.05, 0.1) is 17.5 Å². The van der Waals surface area contributed by atoms with Crippen LogP contribution in [0.2, 0.25) is 10.0 Å². The molecule has 2 aromatic rings. The molecule has 0 fully saturated rings. The standard InChI is InChI=1S/C17H14Cl2N2O2/c1-11(23-16-7-4-13(18)10-15(16)19)17(22)21-14-5-2-12(3-6-14)8-9-20/h2-7,10-11H,8H2,1H3,(H,21,22). The van der Waals surface area contributed by atoms with Crippen molar-refractivity contribution in [3.8, 4) is 11.8 Å². The van der Waals surface area contributed by atoms with Gasteiger partial charge >= 0.3 is 0 Å². The van der Waals surface area contributed by atoms with Gasteiger partial charge in [-0.2, -0.15) is 5.26 Å². The second-order valence-electron chi connectivity index (χ2n) is 4.86. The van der Waals surface area contributed by atoms with Crippen LogP contribution in [-0.4, -0.2) is 12.0 Å². The summed E-state index contributed by atoms with van der Waals surface area (Å²) < 4.78 is 5.55. The molecule has 0 aromatic heterocycles. The highest BCUT2D eigenvalue weighted by Crippen LogP contribution is 2.28. The van der Waals surface area contributed by atoms with E-state index in [2.05, 4.69) is 11.4 Å². The molecule has 0 aliphatic heterocycles. The van der Waals surface area contributed by atoms with Crippen LogP contribution in [0.3, 0.4) is 0 Å². The molecule has 0 aliphatic carbocycles. The molecule has 0 aliphatic rings. The topological polar surface area (TPSA) is 62.1 Å². The molecule has 118 valence electrons. The van der Waals surface area contributed by atoms with E-state index in [4.69, 9.17) is 33.2 Å². The Balaban J connectivity index is 1.98. The zero-order valence-electron chi connectivity index (χ0n) is 12.3. The third-order valence-electron chi connectivity index (χ3n) is 3.07. The van der Waals surface area contributed by atoms with Gasteiger partial charge in [0, 0.05) is 10.7 Å². The lowest BCUT2D eigenvalue weighted by molar-refractivity contribution is -0.122. The van der Waals surface area contributed by atoms with Gasteiger partial charge in [-0.05, 0) is 42.8 Å². The molecule has 0 bridgehead atoms. The van der Waals surface area contributed by atoms with Gasteiger partial charge in [-0.1, -0.05) is 35.3 Å². The zero-order valence-corrected chi connectivity index (χ0v) is 13.9. The molecule has 2 rings (SSSR count). The van der Waals surface area contributed by atoms with Crippen molar-refractivity contribution in [2.75, 3.05) is 5.32 Å². The lowest BCUT2D eigenvalue weighted by atomic mass is 10.1. The molecule has 1 unspecified atom stereocenters. The van der Waals surface area contributed by atoms with Crippen LogP contribution in [0.5, 0.6) is 5.75 Å². The maximum absolute atomic E-state index is 12.1. The van der Waals surface area contributed by atoms with E-state index in [1.54, 1.807) is 49.4 Å². The highest BCUT2D eigenvalue weighted by atomic mass is 35.5. The first-order valence-electron chi connectivity index (χ1n) is 6.88.